The van der Waals surface area contributed by atoms with Crippen LogP contribution in [0.3, 0.4) is 0 Å². The SMILES string of the molecule is O=C(CC1(O)CCCCC1)NNc1ccc(Cl)cc1. The number of hydrazine groups is 1. The van der Waals surface area contributed by atoms with E-state index in [-0.39, 0.29) is 12.3 Å². The van der Waals surface area contributed by atoms with Crippen LogP contribution in [0.5, 0.6) is 0 Å². The summed E-state index contributed by atoms with van der Waals surface area (Å²) in [7, 11) is 0. The fourth-order valence-electron chi connectivity index (χ4n) is 2.40. The quantitative estimate of drug-likeness (QED) is 0.744. The summed E-state index contributed by atoms with van der Waals surface area (Å²) in [6.07, 6.45) is 4.70. The Hall–Kier alpha value is -1.26. The van der Waals surface area contributed by atoms with Crippen LogP contribution in [-0.2, 0) is 4.79 Å². The van der Waals surface area contributed by atoms with Crippen LogP contribution in [-0.4, -0.2) is 16.6 Å². The molecule has 1 aromatic carbocycles. The molecule has 0 saturated heterocycles. The van der Waals surface area contributed by atoms with Gasteiger partial charge in [-0.25, -0.2) is 0 Å². The predicted molar refractivity (Wildman–Crippen MR) is 75.9 cm³/mol. The van der Waals surface area contributed by atoms with Gasteiger partial charge in [0.15, 0.2) is 0 Å². The lowest BCUT2D eigenvalue weighted by molar-refractivity contribution is -0.126. The molecule has 1 saturated carbocycles. The first-order valence-corrected chi connectivity index (χ1v) is 6.98. The van der Waals surface area contributed by atoms with Gasteiger partial charge in [-0.1, -0.05) is 30.9 Å². The average Bonchev–Trinajstić information content (AvgIpc) is 2.38. The Morgan fingerprint density at radius 1 is 1.21 bits per heavy atom. The van der Waals surface area contributed by atoms with E-state index in [1.165, 1.54) is 0 Å². The van der Waals surface area contributed by atoms with Gasteiger partial charge >= 0.3 is 0 Å². The molecule has 1 fully saturated rings. The molecule has 2 rings (SSSR count). The number of hydrogen-bond donors (Lipinski definition) is 3. The van der Waals surface area contributed by atoms with Gasteiger partial charge in [-0.15, -0.1) is 0 Å². The second-order valence-corrected chi connectivity index (χ2v) is 5.58. The zero-order chi connectivity index (χ0) is 13.7. The summed E-state index contributed by atoms with van der Waals surface area (Å²) >= 11 is 5.77. The standard InChI is InChI=1S/C14H19ClN2O2/c15-11-4-6-12(7-5-11)16-17-13(18)10-14(19)8-2-1-3-9-14/h4-7,16,19H,1-3,8-10H2,(H,17,18). The summed E-state index contributed by atoms with van der Waals surface area (Å²) in [5.41, 5.74) is 5.34. The molecule has 0 aromatic heterocycles. The maximum absolute atomic E-state index is 11.8. The normalized spacial score (nSPS) is 17.8. The van der Waals surface area contributed by atoms with Crippen LogP contribution >= 0.6 is 11.6 Å². The van der Waals surface area contributed by atoms with E-state index >= 15 is 0 Å². The van der Waals surface area contributed by atoms with Crippen LogP contribution in [0.15, 0.2) is 24.3 Å². The summed E-state index contributed by atoms with van der Waals surface area (Å²) in [6.45, 7) is 0. The molecule has 1 aliphatic carbocycles. The second-order valence-electron chi connectivity index (χ2n) is 5.14. The van der Waals surface area contributed by atoms with Crippen molar-refractivity contribution in [2.75, 3.05) is 5.43 Å². The van der Waals surface area contributed by atoms with Crippen LogP contribution in [0.2, 0.25) is 5.02 Å². The first-order valence-electron chi connectivity index (χ1n) is 6.60. The van der Waals surface area contributed by atoms with Gasteiger partial charge in [0.2, 0.25) is 5.91 Å². The molecule has 4 nitrogen and oxygen atoms in total. The monoisotopic (exact) mass is 282 g/mol. The van der Waals surface area contributed by atoms with Crippen molar-refractivity contribution in [2.24, 2.45) is 0 Å². The topological polar surface area (TPSA) is 61.4 Å². The fourth-order valence-corrected chi connectivity index (χ4v) is 2.53. The van der Waals surface area contributed by atoms with Gasteiger partial charge in [-0.3, -0.25) is 15.6 Å². The number of carbonyl (C=O) groups is 1. The van der Waals surface area contributed by atoms with Crippen LogP contribution in [0.25, 0.3) is 0 Å². The van der Waals surface area contributed by atoms with Gasteiger partial charge in [0.1, 0.15) is 0 Å². The molecule has 0 atom stereocenters. The van der Waals surface area contributed by atoms with Crippen LogP contribution in [0.1, 0.15) is 38.5 Å². The number of amides is 1. The van der Waals surface area contributed by atoms with E-state index < -0.39 is 5.60 Å². The van der Waals surface area contributed by atoms with E-state index in [9.17, 15) is 9.90 Å². The smallest absolute Gasteiger partial charge is 0.241 e. The first-order chi connectivity index (χ1) is 9.07. The number of anilines is 1. The van der Waals surface area contributed by atoms with Crippen LogP contribution in [0, 0.1) is 0 Å². The molecule has 0 heterocycles. The molecule has 104 valence electrons. The molecule has 1 aromatic rings. The van der Waals surface area contributed by atoms with E-state index in [1.807, 2.05) is 0 Å². The van der Waals surface area contributed by atoms with Crippen molar-refractivity contribution < 1.29 is 9.90 Å². The van der Waals surface area contributed by atoms with Gasteiger partial charge in [0.25, 0.3) is 0 Å². The highest BCUT2D eigenvalue weighted by Gasteiger charge is 2.31. The highest BCUT2D eigenvalue weighted by atomic mass is 35.5. The summed E-state index contributed by atoms with van der Waals surface area (Å²) in [5, 5.41) is 10.9. The van der Waals surface area contributed by atoms with Crippen molar-refractivity contribution >= 4 is 23.2 Å². The summed E-state index contributed by atoms with van der Waals surface area (Å²) < 4.78 is 0. The van der Waals surface area contributed by atoms with E-state index in [1.54, 1.807) is 24.3 Å². The largest absolute Gasteiger partial charge is 0.389 e. The molecule has 0 spiro atoms. The van der Waals surface area contributed by atoms with Gasteiger partial charge in [-0.2, -0.15) is 0 Å². The molecule has 1 aliphatic rings. The van der Waals surface area contributed by atoms with Crippen molar-refractivity contribution in [1.82, 2.24) is 5.43 Å². The second kappa shape index (κ2) is 6.26. The minimum atomic E-state index is -0.829. The summed E-state index contributed by atoms with van der Waals surface area (Å²) in [5.74, 6) is -0.195. The van der Waals surface area contributed by atoms with Gasteiger partial charge in [0, 0.05) is 5.02 Å². The summed E-state index contributed by atoms with van der Waals surface area (Å²) in [4.78, 5) is 11.8. The minimum Gasteiger partial charge on any atom is -0.389 e. The molecule has 0 radical (unpaired) electrons. The molecule has 3 N–H and O–H groups in total. The van der Waals surface area contributed by atoms with Crippen molar-refractivity contribution in [2.45, 2.75) is 44.1 Å². The Balaban J connectivity index is 1.79. The average molecular weight is 283 g/mol. The lowest BCUT2D eigenvalue weighted by atomic mass is 9.82. The fraction of sp³-hybridized carbons (Fsp3) is 0.500. The third kappa shape index (κ3) is 4.40. The molecule has 0 aliphatic heterocycles. The van der Waals surface area contributed by atoms with Crippen LogP contribution in [0.4, 0.5) is 5.69 Å². The zero-order valence-electron chi connectivity index (χ0n) is 10.8. The maximum Gasteiger partial charge on any atom is 0.241 e. The van der Waals surface area contributed by atoms with Crippen molar-refractivity contribution in [3.63, 3.8) is 0 Å². The highest BCUT2D eigenvalue weighted by Crippen LogP contribution is 2.30. The van der Waals surface area contributed by atoms with Gasteiger partial charge in [0.05, 0.1) is 17.7 Å². The first kappa shape index (κ1) is 14.2. The van der Waals surface area contributed by atoms with E-state index in [0.29, 0.717) is 17.9 Å². The van der Waals surface area contributed by atoms with Crippen molar-refractivity contribution in [3.05, 3.63) is 29.3 Å². The third-order valence-corrected chi connectivity index (χ3v) is 3.72. The molecule has 5 heteroatoms. The molecule has 0 unspecified atom stereocenters. The molecule has 19 heavy (non-hydrogen) atoms. The van der Waals surface area contributed by atoms with Crippen molar-refractivity contribution in [1.29, 1.82) is 0 Å². The Kier molecular flexibility index (Phi) is 4.66. The van der Waals surface area contributed by atoms with Gasteiger partial charge in [-0.05, 0) is 37.1 Å². The number of benzene rings is 1. The molecule has 0 bridgehead atoms. The molecule has 1 amide bonds. The minimum absolute atomic E-state index is 0.146. The maximum atomic E-state index is 11.8. The number of halogens is 1. The zero-order valence-corrected chi connectivity index (χ0v) is 11.5. The Morgan fingerprint density at radius 2 is 1.84 bits per heavy atom. The highest BCUT2D eigenvalue weighted by molar-refractivity contribution is 6.30. The van der Waals surface area contributed by atoms with E-state index in [0.717, 1.165) is 24.9 Å². The number of aliphatic hydroxyl groups is 1. The van der Waals surface area contributed by atoms with E-state index in [4.69, 9.17) is 11.6 Å². The summed E-state index contributed by atoms with van der Waals surface area (Å²) in [6, 6.07) is 7.03. The molecular formula is C14H19ClN2O2. The Bertz CT molecular complexity index is 428. The number of rotatable bonds is 4. The van der Waals surface area contributed by atoms with Crippen LogP contribution < -0.4 is 10.9 Å². The number of carbonyl (C=O) groups excluding carboxylic acids is 1. The predicted octanol–water partition coefficient (Wildman–Crippen LogP) is 2.87. The Morgan fingerprint density at radius 3 is 2.47 bits per heavy atom. The number of hydrogen-bond acceptors (Lipinski definition) is 3. The lowest BCUT2D eigenvalue weighted by Crippen LogP contribution is -2.40. The van der Waals surface area contributed by atoms with Gasteiger partial charge < -0.3 is 5.11 Å². The molecular weight excluding hydrogens is 264 g/mol. The van der Waals surface area contributed by atoms with Crippen molar-refractivity contribution in [3.8, 4) is 0 Å². The van der Waals surface area contributed by atoms with E-state index in [2.05, 4.69) is 10.9 Å². The number of nitrogens with one attached hydrogen (secondary N) is 2. The Labute approximate surface area is 118 Å². The lowest BCUT2D eigenvalue weighted by Gasteiger charge is -2.31. The third-order valence-electron chi connectivity index (χ3n) is 3.46.